The third-order valence-electron chi connectivity index (χ3n) is 4.34. The number of benzene rings is 1. The van der Waals surface area contributed by atoms with E-state index in [0.29, 0.717) is 18.4 Å². The predicted octanol–water partition coefficient (Wildman–Crippen LogP) is 3.22. The number of nitrogens with zero attached hydrogens (tertiary/aromatic N) is 3. The van der Waals surface area contributed by atoms with Gasteiger partial charge >= 0.3 is 0 Å². The van der Waals surface area contributed by atoms with E-state index in [9.17, 15) is 8.78 Å². The van der Waals surface area contributed by atoms with Crippen LogP contribution in [-0.2, 0) is 12.0 Å². The molecule has 1 aromatic heterocycles. The number of likely N-dealkylation sites (N-methyl/N-ethyl adjacent to an activating group) is 1. The number of halogens is 2. The van der Waals surface area contributed by atoms with Gasteiger partial charge in [-0.3, -0.25) is 4.99 Å². The number of oxazole rings is 1. The van der Waals surface area contributed by atoms with E-state index in [2.05, 4.69) is 41.4 Å². The van der Waals surface area contributed by atoms with Crippen molar-refractivity contribution in [3.63, 3.8) is 0 Å². The Kier molecular flexibility index (Phi) is 7.12. The predicted molar refractivity (Wildman–Crippen MR) is 106 cm³/mol. The van der Waals surface area contributed by atoms with E-state index in [0.717, 1.165) is 5.76 Å². The Labute approximate surface area is 165 Å². The molecule has 0 radical (unpaired) electrons. The number of rotatable bonds is 6. The SMILES string of the molecule is CN=C(NCc1ncc(C(C)(C)C)o1)NCC(c1c(F)cccc1F)N(C)C. The van der Waals surface area contributed by atoms with Gasteiger partial charge in [-0.2, -0.15) is 0 Å². The van der Waals surface area contributed by atoms with Crippen LogP contribution in [0.5, 0.6) is 0 Å². The first-order valence-electron chi connectivity index (χ1n) is 9.13. The molecule has 1 heterocycles. The summed E-state index contributed by atoms with van der Waals surface area (Å²) in [6.45, 7) is 6.76. The average molecular weight is 393 g/mol. The summed E-state index contributed by atoms with van der Waals surface area (Å²) in [6.07, 6.45) is 1.72. The van der Waals surface area contributed by atoms with Gasteiger partial charge in [0.2, 0.25) is 5.89 Å². The van der Waals surface area contributed by atoms with E-state index >= 15 is 0 Å². The third-order valence-corrected chi connectivity index (χ3v) is 4.34. The van der Waals surface area contributed by atoms with Gasteiger partial charge < -0.3 is 20.0 Å². The van der Waals surface area contributed by atoms with Crippen LogP contribution in [0.2, 0.25) is 0 Å². The van der Waals surface area contributed by atoms with E-state index in [-0.39, 0.29) is 17.5 Å². The fourth-order valence-electron chi connectivity index (χ4n) is 2.68. The first-order chi connectivity index (χ1) is 13.1. The summed E-state index contributed by atoms with van der Waals surface area (Å²) in [4.78, 5) is 10.2. The topological polar surface area (TPSA) is 65.7 Å². The van der Waals surface area contributed by atoms with Gasteiger partial charge in [0.1, 0.15) is 17.4 Å². The van der Waals surface area contributed by atoms with Crippen molar-refractivity contribution in [2.45, 2.75) is 38.8 Å². The molecule has 2 rings (SSSR count). The van der Waals surface area contributed by atoms with Gasteiger partial charge in [-0.15, -0.1) is 0 Å². The highest BCUT2D eigenvalue weighted by molar-refractivity contribution is 5.79. The van der Waals surface area contributed by atoms with Crippen molar-refractivity contribution >= 4 is 5.96 Å². The zero-order chi connectivity index (χ0) is 20.9. The fourth-order valence-corrected chi connectivity index (χ4v) is 2.68. The van der Waals surface area contributed by atoms with E-state index in [1.807, 2.05) is 0 Å². The smallest absolute Gasteiger partial charge is 0.213 e. The summed E-state index contributed by atoms with van der Waals surface area (Å²) >= 11 is 0. The van der Waals surface area contributed by atoms with E-state index in [4.69, 9.17) is 4.42 Å². The van der Waals surface area contributed by atoms with E-state index < -0.39 is 17.7 Å². The molecule has 28 heavy (non-hydrogen) atoms. The highest BCUT2D eigenvalue weighted by Gasteiger charge is 2.23. The van der Waals surface area contributed by atoms with Crippen LogP contribution in [0.3, 0.4) is 0 Å². The van der Waals surface area contributed by atoms with Crippen LogP contribution in [0.15, 0.2) is 33.8 Å². The molecule has 0 fully saturated rings. The summed E-state index contributed by atoms with van der Waals surface area (Å²) in [5.41, 5.74) is -0.0912. The molecule has 0 aliphatic rings. The zero-order valence-corrected chi connectivity index (χ0v) is 17.3. The maximum Gasteiger partial charge on any atom is 0.213 e. The largest absolute Gasteiger partial charge is 0.443 e. The summed E-state index contributed by atoms with van der Waals surface area (Å²) in [5.74, 6) is 0.683. The lowest BCUT2D eigenvalue weighted by Crippen LogP contribution is -2.41. The highest BCUT2D eigenvalue weighted by atomic mass is 19.1. The first-order valence-corrected chi connectivity index (χ1v) is 9.13. The van der Waals surface area contributed by atoms with Crippen molar-refractivity contribution in [3.8, 4) is 0 Å². The summed E-state index contributed by atoms with van der Waals surface area (Å²) < 4.78 is 34.1. The molecule has 8 heteroatoms. The molecule has 1 atom stereocenters. The maximum absolute atomic E-state index is 14.2. The van der Waals surface area contributed by atoms with Crippen molar-refractivity contribution in [3.05, 3.63) is 53.2 Å². The molecule has 1 unspecified atom stereocenters. The molecular weight excluding hydrogens is 364 g/mol. The molecule has 0 bridgehead atoms. The van der Waals surface area contributed by atoms with Gasteiger partial charge in [0.05, 0.1) is 18.8 Å². The normalized spacial score (nSPS) is 13.7. The zero-order valence-electron chi connectivity index (χ0n) is 17.3. The lowest BCUT2D eigenvalue weighted by Gasteiger charge is -2.26. The molecule has 0 spiro atoms. The number of aliphatic imine (C=N–C) groups is 1. The maximum atomic E-state index is 14.2. The summed E-state index contributed by atoms with van der Waals surface area (Å²) in [7, 11) is 5.17. The Hall–Kier alpha value is -2.48. The van der Waals surface area contributed by atoms with Crippen LogP contribution in [0, 0.1) is 11.6 Å². The van der Waals surface area contributed by atoms with E-state index in [1.54, 1.807) is 32.2 Å². The first kappa shape index (κ1) is 21.8. The average Bonchev–Trinajstić information content (AvgIpc) is 3.09. The number of hydrogen-bond acceptors (Lipinski definition) is 4. The second-order valence-corrected chi connectivity index (χ2v) is 7.79. The minimum Gasteiger partial charge on any atom is -0.443 e. The van der Waals surface area contributed by atoms with Crippen LogP contribution < -0.4 is 10.6 Å². The Morgan fingerprint density at radius 2 is 1.86 bits per heavy atom. The quantitative estimate of drug-likeness (QED) is 0.583. The summed E-state index contributed by atoms with van der Waals surface area (Å²) in [5, 5.41) is 6.21. The Morgan fingerprint density at radius 1 is 1.21 bits per heavy atom. The monoisotopic (exact) mass is 393 g/mol. The van der Waals surface area contributed by atoms with Gasteiger partial charge in [0.15, 0.2) is 5.96 Å². The second kappa shape index (κ2) is 9.14. The van der Waals surface area contributed by atoms with Gasteiger partial charge in [0.25, 0.3) is 0 Å². The minimum atomic E-state index is -0.571. The van der Waals surface area contributed by atoms with Crippen molar-refractivity contribution in [2.24, 2.45) is 4.99 Å². The van der Waals surface area contributed by atoms with Crippen LogP contribution in [0.25, 0.3) is 0 Å². The Balaban J connectivity index is 2.01. The number of guanidine groups is 1. The van der Waals surface area contributed by atoms with E-state index in [1.165, 1.54) is 18.2 Å². The van der Waals surface area contributed by atoms with Crippen molar-refractivity contribution < 1.29 is 13.2 Å². The van der Waals surface area contributed by atoms with Gasteiger partial charge in [-0.1, -0.05) is 26.8 Å². The van der Waals surface area contributed by atoms with Crippen LogP contribution in [0.1, 0.15) is 44.0 Å². The van der Waals surface area contributed by atoms with Crippen LogP contribution >= 0.6 is 0 Å². The Bertz CT molecular complexity index is 791. The molecular formula is C20H29F2N5O. The third kappa shape index (κ3) is 5.51. The van der Waals surface area contributed by atoms with Gasteiger partial charge in [-0.25, -0.2) is 13.8 Å². The molecule has 2 aromatic rings. The second-order valence-electron chi connectivity index (χ2n) is 7.79. The fraction of sp³-hybridized carbons (Fsp3) is 0.500. The molecule has 0 aliphatic carbocycles. The molecule has 0 amide bonds. The Morgan fingerprint density at radius 3 is 2.36 bits per heavy atom. The van der Waals surface area contributed by atoms with Crippen molar-refractivity contribution in [1.82, 2.24) is 20.5 Å². The molecule has 154 valence electrons. The molecule has 0 saturated heterocycles. The molecule has 1 aromatic carbocycles. The lowest BCUT2D eigenvalue weighted by atomic mass is 9.94. The number of aromatic nitrogens is 1. The molecule has 0 saturated carbocycles. The molecule has 0 aliphatic heterocycles. The standard InChI is InChI=1S/C20H29F2N5O/c1-20(2,3)16-11-24-17(28-16)12-26-19(23-4)25-10-15(27(5)6)18-13(21)8-7-9-14(18)22/h7-9,11,15H,10,12H2,1-6H3,(H2,23,25,26). The molecule has 2 N–H and O–H groups in total. The van der Waals surface area contributed by atoms with Crippen LogP contribution in [-0.4, -0.2) is 43.5 Å². The molecule has 6 nitrogen and oxygen atoms in total. The minimum absolute atomic E-state index is 0.0259. The van der Waals surface area contributed by atoms with Crippen molar-refractivity contribution in [1.29, 1.82) is 0 Å². The van der Waals surface area contributed by atoms with Crippen LogP contribution in [0.4, 0.5) is 8.78 Å². The summed E-state index contributed by atoms with van der Waals surface area (Å²) in [6, 6.07) is 3.38. The van der Waals surface area contributed by atoms with Gasteiger partial charge in [-0.05, 0) is 26.2 Å². The number of nitrogens with one attached hydrogen (secondary N) is 2. The highest BCUT2D eigenvalue weighted by Crippen LogP contribution is 2.24. The van der Waals surface area contributed by atoms with Gasteiger partial charge in [0, 0.05) is 24.6 Å². The number of hydrogen-bond donors (Lipinski definition) is 2. The lowest BCUT2D eigenvalue weighted by molar-refractivity contribution is 0.282. The van der Waals surface area contributed by atoms with Crippen molar-refractivity contribution in [2.75, 3.05) is 27.7 Å².